The third-order valence-electron chi connectivity index (χ3n) is 3.32. The molecule has 0 unspecified atom stereocenters. The normalized spacial score (nSPS) is 15.5. The third kappa shape index (κ3) is 3.66. The maximum Gasteiger partial charge on any atom is 0.298 e. The average Bonchev–Trinajstić information content (AvgIpc) is 2.51. The molecule has 117 valence electrons. The van der Waals surface area contributed by atoms with E-state index >= 15 is 0 Å². The monoisotopic (exact) mass is 352 g/mol. The van der Waals surface area contributed by atoms with Crippen molar-refractivity contribution in [3.05, 3.63) is 70.6 Å². The van der Waals surface area contributed by atoms with Crippen LogP contribution in [-0.2, 0) is 10.1 Å². The molecule has 2 aromatic rings. The number of carbonyl (C=O) groups is 1. The van der Waals surface area contributed by atoms with Gasteiger partial charge in [0.2, 0.25) is 5.78 Å². The van der Waals surface area contributed by atoms with Gasteiger partial charge in [-0.2, -0.15) is 8.42 Å². The van der Waals surface area contributed by atoms with Crippen molar-refractivity contribution < 1.29 is 22.9 Å². The summed E-state index contributed by atoms with van der Waals surface area (Å²) in [4.78, 5) is 15.8. The standard InChI is InChI=1S/C16H11NO5S.Na/c18-11-7-5-10(6-8-11)17-14-9-15(23(20,21)22)16(19)13-4-2-1-3-12(13)14;/h1-9,18H,(H,20,21,22);. The molecule has 8 heteroatoms. The van der Waals surface area contributed by atoms with Crippen LogP contribution >= 0.6 is 0 Å². The number of phenolic OH excluding ortho intramolecular Hbond substituents is 1. The molecule has 1 radical (unpaired) electrons. The molecule has 3 rings (SSSR count). The second-order valence-electron chi connectivity index (χ2n) is 4.87. The Morgan fingerprint density at radius 1 is 0.917 bits per heavy atom. The minimum Gasteiger partial charge on any atom is -0.508 e. The molecule has 1 aliphatic carbocycles. The minimum atomic E-state index is -4.66. The Kier molecular flexibility index (Phi) is 5.42. The largest absolute Gasteiger partial charge is 0.508 e. The summed E-state index contributed by atoms with van der Waals surface area (Å²) < 4.78 is 32.1. The van der Waals surface area contributed by atoms with E-state index in [-0.39, 0.29) is 46.6 Å². The van der Waals surface area contributed by atoms with E-state index in [0.29, 0.717) is 11.3 Å². The summed E-state index contributed by atoms with van der Waals surface area (Å²) in [6.07, 6.45) is 1.05. The molecule has 2 N–H and O–H groups in total. The predicted molar refractivity (Wildman–Crippen MR) is 90.5 cm³/mol. The molecule has 0 heterocycles. The summed E-state index contributed by atoms with van der Waals surface area (Å²) >= 11 is 0. The van der Waals surface area contributed by atoms with Crippen LogP contribution < -0.4 is 0 Å². The Balaban J connectivity index is 0.00000208. The number of carbonyl (C=O) groups excluding carboxylic acids is 1. The van der Waals surface area contributed by atoms with Crippen LogP contribution in [-0.4, -0.2) is 59.1 Å². The molecule has 1 aliphatic rings. The van der Waals surface area contributed by atoms with Gasteiger partial charge in [-0.1, -0.05) is 24.3 Å². The Morgan fingerprint density at radius 3 is 2.08 bits per heavy atom. The van der Waals surface area contributed by atoms with Crippen molar-refractivity contribution in [3.63, 3.8) is 0 Å². The van der Waals surface area contributed by atoms with Gasteiger partial charge in [0.25, 0.3) is 10.1 Å². The molecular weight excluding hydrogens is 341 g/mol. The van der Waals surface area contributed by atoms with E-state index in [0.717, 1.165) is 6.08 Å². The van der Waals surface area contributed by atoms with Gasteiger partial charge in [0.15, 0.2) is 0 Å². The van der Waals surface area contributed by atoms with Crippen molar-refractivity contribution in [1.82, 2.24) is 0 Å². The van der Waals surface area contributed by atoms with Crippen LogP contribution in [0.4, 0.5) is 5.69 Å². The van der Waals surface area contributed by atoms with Gasteiger partial charge in [-0.25, -0.2) is 4.99 Å². The first kappa shape index (κ1) is 18.6. The van der Waals surface area contributed by atoms with E-state index in [9.17, 15) is 22.9 Å². The molecule has 0 saturated carbocycles. The number of nitrogens with zero attached hydrogens (tertiary/aromatic N) is 1. The van der Waals surface area contributed by atoms with Crippen molar-refractivity contribution in [3.8, 4) is 5.75 Å². The van der Waals surface area contributed by atoms with E-state index in [1.807, 2.05) is 0 Å². The molecule has 0 amide bonds. The average molecular weight is 352 g/mol. The molecule has 2 aromatic carbocycles. The Bertz CT molecular complexity index is 962. The molecule has 0 saturated heterocycles. The Labute approximate surface area is 160 Å². The summed E-state index contributed by atoms with van der Waals surface area (Å²) in [5.41, 5.74) is 1.32. The van der Waals surface area contributed by atoms with E-state index in [1.165, 1.54) is 18.2 Å². The van der Waals surface area contributed by atoms with E-state index in [2.05, 4.69) is 4.99 Å². The molecule has 0 spiro atoms. The number of benzene rings is 2. The van der Waals surface area contributed by atoms with Gasteiger partial charge in [-0.05, 0) is 30.3 Å². The van der Waals surface area contributed by atoms with Crippen LogP contribution in [0.1, 0.15) is 15.9 Å². The fraction of sp³-hybridized carbons (Fsp3) is 0. The van der Waals surface area contributed by atoms with Crippen LogP contribution in [0.5, 0.6) is 5.75 Å². The number of hydrogen-bond acceptors (Lipinski definition) is 5. The summed E-state index contributed by atoms with van der Waals surface area (Å²) in [6, 6.07) is 12.4. The van der Waals surface area contributed by atoms with Crippen LogP contribution in [0.15, 0.2) is 64.5 Å². The first-order valence-corrected chi connectivity index (χ1v) is 8.01. The number of rotatable bonds is 2. The zero-order chi connectivity index (χ0) is 16.6. The van der Waals surface area contributed by atoms with E-state index < -0.39 is 20.8 Å². The van der Waals surface area contributed by atoms with Crippen molar-refractivity contribution in [2.75, 3.05) is 0 Å². The number of aromatic hydroxyl groups is 1. The smallest absolute Gasteiger partial charge is 0.298 e. The predicted octanol–water partition coefficient (Wildman–Crippen LogP) is 2.10. The molecule has 0 fully saturated rings. The van der Waals surface area contributed by atoms with Gasteiger partial charge in [-0.3, -0.25) is 9.35 Å². The number of hydrogen-bond donors (Lipinski definition) is 2. The van der Waals surface area contributed by atoms with Crippen molar-refractivity contribution in [2.24, 2.45) is 4.99 Å². The molecule has 0 bridgehead atoms. The number of Topliss-reactive ketones (excluding diaryl/α,β-unsaturated/α-hetero) is 1. The van der Waals surface area contributed by atoms with Gasteiger partial charge in [0, 0.05) is 40.7 Å². The van der Waals surface area contributed by atoms with Crippen LogP contribution in [0, 0.1) is 0 Å². The fourth-order valence-corrected chi connectivity index (χ4v) is 2.86. The molecule has 24 heavy (non-hydrogen) atoms. The van der Waals surface area contributed by atoms with Crippen LogP contribution in [0.3, 0.4) is 0 Å². The fourth-order valence-electron chi connectivity index (χ4n) is 2.26. The third-order valence-corrected chi connectivity index (χ3v) is 4.18. The topological polar surface area (TPSA) is 104 Å². The van der Waals surface area contributed by atoms with Crippen LogP contribution in [0.2, 0.25) is 0 Å². The van der Waals surface area contributed by atoms with E-state index in [1.54, 1.807) is 30.3 Å². The zero-order valence-electron chi connectivity index (χ0n) is 12.7. The van der Waals surface area contributed by atoms with Gasteiger partial charge in [-0.15, -0.1) is 0 Å². The maximum atomic E-state index is 12.2. The number of fused-ring (bicyclic) bond motifs is 1. The maximum absolute atomic E-state index is 12.2. The quantitative estimate of drug-likeness (QED) is 0.636. The van der Waals surface area contributed by atoms with Crippen molar-refractivity contribution >= 4 is 56.9 Å². The first-order chi connectivity index (χ1) is 10.9. The minimum absolute atomic E-state index is 0. The first-order valence-electron chi connectivity index (χ1n) is 6.57. The molecule has 0 aliphatic heterocycles. The second-order valence-corrected chi connectivity index (χ2v) is 6.26. The molecule has 0 aromatic heterocycles. The molecule has 0 atom stereocenters. The summed E-state index contributed by atoms with van der Waals surface area (Å²) in [6.45, 7) is 0. The second kappa shape index (κ2) is 7.00. The summed E-state index contributed by atoms with van der Waals surface area (Å²) in [5, 5.41) is 9.29. The van der Waals surface area contributed by atoms with Gasteiger partial charge >= 0.3 is 0 Å². The summed E-state index contributed by atoms with van der Waals surface area (Å²) in [7, 11) is -4.66. The van der Waals surface area contributed by atoms with Gasteiger partial charge < -0.3 is 5.11 Å². The molecule has 6 nitrogen and oxygen atoms in total. The van der Waals surface area contributed by atoms with Crippen molar-refractivity contribution in [2.45, 2.75) is 0 Å². The number of ketones is 1. The number of aliphatic imine (C=N–C) groups is 1. The van der Waals surface area contributed by atoms with Crippen LogP contribution in [0.25, 0.3) is 0 Å². The SMILES string of the molecule is O=C1C(S(=O)(=O)O)=CC(=Nc2ccc(O)cc2)c2ccccc21.[Na]. The van der Waals surface area contributed by atoms with Crippen molar-refractivity contribution in [1.29, 1.82) is 0 Å². The zero-order valence-corrected chi connectivity index (χ0v) is 15.5. The van der Waals surface area contributed by atoms with E-state index in [4.69, 9.17) is 0 Å². The number of phenols is 1. The summed E-state index contributed by atoms with van der Waals surface area (Å²) in [5.74, 6) is -0.699. The Morgan fingerprint density at radius 2 is 1.50 bits per heavy atom. The van der Waals surface area contributed by atoms with Gasteiger partial charge in [0.1, 0.15) is 10.7 Å². The Hall–Kier alpha value is -1.77. The van der Waals surface area contributed by atoms with Gasteiger partial charge in [0.05, 0.1) is 11.4 Å². The molecular formula is C16H11NNaO5S. The number of allylic oxidation sites excluding steroid dienone is 2.